The molecule has 0 aliphatic heterocycles. The summed E-state index contributed by atoms with van der Waals surface area (Å²) in [6.45, 7) is 0. The van der Waals surface area contributed by atoms with Crippen LogP contribution in [0.25, 0.3) is 0 Å². The first-order chi connectivity index (χ1) is 8.47. The van der Waals surface area contributed by atoms with Gasteiger partial charge in [0.05, 0.1) is 20.8 Å². The van der Waals surface area contributed by atoms with Gasteiger partial charge in [-0.15, -0.1) is 0 Å². The number of benzene rings is 1. The lowest BCUT2D eigenvalue weighted by molar-refractivity contribution is 0.626. The lowest BCUT2D eigenvalue weighted by Gasteiger charge is -2.10. The Hall–Kier alpha value is -1.10. The van der Waals surface area contributed by atoms with Crippen LogP contribution in [0.4, 0.5) is 20.3 Å². The van der Waals surface area contributed by atoms with Crippen LogP contribution < -0.4 is 5.32 Å². The molecule has 0 aliphatic carbocycles. The maximum atomic E-state index is 13.5. The van der Waals surface area contributed by atoms with Gasteiger partial charge in [0.25, 0.3) is 0 Å². The van der Waals surface area contributed by atoms with Crippen LogP contribution in [0.5, 0.6) is 0 Å². The highest BCUT2D eigenvalue weighted by molar-refractivity contribution is 6.39. The molecule has 2 aromatic rings. The molecule has 0 saturated heterocycles. The third kappa shape index (κ3) is 2.83. The van der Waals surface area contributed by atoms with Crippen molar-refractivity contribution in [3.63, 3.8) is 0 Å². The number of rotatable bonds is 2. The fourth-order valence-corrected chi connectivity index (χ4v) is 1.99. The molecular weight excluding hydrogens is 304 g/mol. The second-order valence-electron chi connectivity index (χ2n) is 3.35. The molecule has 18 heavy (non-hydrogen) atoms. The van der Waals surface area contributed by atoms with Crippen molar-refractivity contribution in [2.45, 2.75) is 0 Å². The van der Waals surface area contributed by atoms with Gasteiger partial charge in [0.1, 0.15) is 5.82 Å². The Bertz CT molecular complexity index is 582. The SMILES string of the molecule is Fc1cc(Cl)c(Nc2ncc(Cl)cc2F)c(Cl)c1. The topological polar surface area (TPSA) is 24.9 Å². The van der Waals surface area contributed by atoms with Gasteiger partial charge in [-0.2, -0.15) is 0 Å². The van der Waals surface area contributed by atoms with E-state index in [9.17, 15) is 8.78 Å². The minimum atomic E-state index is -0.668. The molecule has 1 heterocycles. The molecule has 0 aliphatic rings. The maximum Gasteiger partial charge on any atom is 0.167 e. The Morgan fingerprint density at radius 3 is 2.17 bits per heavy atom. The zero-order chi connectivity index (χ0) is 13.3. The summed E-state index contributed by atoms with van der Waals surface area (Å²) >= 11 is 17.2. The molecule has 0 bridgehead atoms. The lowest BCUT2D eigenvalue weighted by atomic mass is 10.3. The first-order valence-electron chi connectivity index (χ1n) is 4.70. The van der Waals surface area contributed by atoms with Crippen molar-refractivity contribution in [3.8, 4) is 0 Å². The van der Waals surface area contributed by atoms with Crippen molar-refractivity contribution in [1.82, 2.24) is 4.98 Å². The molecule has 2 nitrogen and oxygen atoms in total. The number of aromatic nitrogens is 1. The van der Waals surface area contributed by atoms with Crippen LogP contribution in [0.3, 0.4) is 0 Å². The average Bonchev–Trinajstić information content (AvgIpc) is 2.25. The summed E-state index contributed by atoms with van der Waals surface area (Å²) in [6, 6.07) is 3.20. The van der Waals surface area contributed by atoms with Crippen LogP contribution in [-0.2, 0) is 0 Å². The predicted molar refractivity (Wildman–Crippen MR) is 68.9 cm³/mol. The van der Waals surface area contributed by atoms with Gasteiger partial charge in [0, 0.05) is 6.20 Å². The normalized spacial score (nSPS) is 10.5. The fourth-order valence-electron chi connectivity index (χ4n) is 1.29. The largest absolute Gasteiger partial charge is 0.335 e. The van der Waals surface area contributed by atoms with E-state index in [-0.39, 0.29) is 26.6 Å². The van der Waals surface area contributed by atoms with Gasteiger partial charge >= 0.3 is 0 Å². The van der Waals surface area contributed by atoms with E-state index in [1.165, 1.54) is 6.20 Å². The number of nitrogens with zero attached hydrogens (tertiary/aromatic N) is 1. The van der Waals surface area contributed by atoms with Gasteiger partial charge in [-0.25, -0.2) is 13.8 Å². The summed E-state index contributed by atoms with van der Waals surface area (Å²) in [5.41, 5.74) is 0.174. The minimum absolute atomic E-state index is 0.0242. The molecule has 0 radical (unpaired) electrons. The first kappa shape index (κ1) is 13.3. The average molecular weight is 310 g/mol. The molecule has 0 fully saturated rings. The summed E-state index contributed by atoms with van der Waals surface area (Å²) < 4.78 is 26.5. The Balaban J connectivity index is 2.40. The predicted octanol–water partition coefficient (Wildman–Crippen LogP) is 5.06. The molecule has 0 spiro atoms. The zero-order valence-electron chi connectivity index (χ0n) is 8.65. The third-order valence-corrected chi connectivity index (χ3v) is 2.86. The van der Waals surface area contributed by atoms with E-state index in [0.717, 1.165) is 18.2 Å². The van der Waals surface area contributed by atoms with E-state index in [2.05, 4.69) is 10.3 Å². The van der Waals surface area contributed by atoms with Crippen LogP contribution >= 0.6 is 34.8 Å². The molecule has 2 rings (SSSR count). The molecule has 94 valence electrons. The number of anilines is 2. The number of hydrogen-bond acceptors (Lipinski definition) is 2. The van der Waals surface area contributed by atoms with Crippen molar-refractivity contribution in [3.05, 3.63) is 51.1 Å². The standard InChI is InChI=1S/C11H5Cl3F2N2/c12-5-1-9(16)11(17-4-5)18-10-7(13)2-6(15)3-8(10)14/h1-4H,(H,17,18). The van der Waals surface area contributed by atoms with Crippen LogP contribution in [0.2, 0.25) is 15.1 Å². The minimum Gasteiger partial charge on any atom is -0.335 e. The summed E-state index contributed by atoms with van der Waals surface area (Å²) in [5.74, 6) is -1.35. The van der Waals surface area contributed by atoms with Gasteiger partial charge in [-0.3, -0.25) is 0 Å². The smallest absolute Gasteiger partial charge is 0.167 e. The summed E-state index contributed by atoms with van der Waals surface area (Å²) in [4.78, 5) is 3.75. The Labute approximate surface area is 116 Å². The number of hydrogen-bond donors (Lipinski definition) is 1. The van der Waals surface area contributed by atoms with Crippen LogP contribution in [0, 0.1) is 11.6 Å². The van der Waals surface area contributed by atoms with Gasteiger partial charge in [-0.1, -0.05) is 34.8 Å². The zero-order valence-corrected chi connectivity index (χ0v) is 10.9. The Morgan fingerprint density at radius 2 is 1.61 bits per heavy atom. The van der Waals surface area contributed by atoms with Gasteiger partial charge in [0.15, 0.2) is 11.6 Å². The van der Waals surface area contributed by atoms with Crippen molar-refractivity contribution < 1.29 is 8.78 Å². The van der Waals surface area contributed by atoms with Crippen molar-refractivity contribution in [2.75, 3.05) is 5.32 Å². The van der Waals surface area contributed by atoms with Crippen LogP contribution in [0.15, 0.2) is 24.4 Å². The highest BCUT2D eigenvalue weighted by Gasteiger charge is 2.12. The van der Waals surface area contributed by atoms with Gasteiger partial charge in [-0.05, 0) is 18.2 Å². The molecule has 0 unspecified atom stereocenters. The molecule has 0 atom stereocenters. The van der Waals surface area contributed by atoms with Crippen molar-refractivity contribution >= 4 is 46.3 Å². The van der Waals surface area contributed by atoms with E-state index in [0.29, 0.717) is 0 Å². The van der Waals surface area contributed by atoms with E-state index in [1.54, 1.807) is 0 Å². The Morgan fingerprint density at radius 1 is 1.00 bits per heavy atom. The second-order valence-corrected chi connectivity index (χ2v) is 4.60. The van der Waals surface area contributed by atoms with Gasteiger partial charge < -0.3 is 5.32 Å². The van der Waals surface area contributed by atoms with E-state index in [1.807, 2.05) is 0 Å². The molecule has 1 aromatic heterocycles. The second kappa shape index (κ2) is 5.26. The maximum absolute atomic E-state index is 13.5. The van der Waals surface area contributed by atoms with Crippen LogP contribution in [-0.4, -0.2) is 4.98 Å². The fraction of sp³-hybridized carbons (Fsp3) is 0. The van der Waals surface area contributed by atoms with Crippen LogP contribution in [0.1, 0.15) is 0 Å². The highest BCUT2D eigenvalue weighted by atomic mass is 35.5. The quantitative estimate of drug-likeness (QED) is 0.838. The van der Waals surface area contributed by atoms with Crippen molar-refractivity contribution in [1.29, 1.82) is 0 Å². The van der Waals surface area contributed by atoms with E-state index in [4.69, 9.17) is 34.8 Å². The molecular formula is C11H5Cl3F2N2. The number of pyridine rings is 1. The third-order valence-electron chi connectivity index (χ3n) is 2.06. The molecule has 1 aromatic carbocycles. The molecule has 0 saturated carbocycles. The monoisotopic (exact) mass is 308 g/mol. The summed E-state index contributed by atoms with van der Waals surface area (Å²) in [6.07, 6.45) is 1.26. The highest BCUT2D eigenvalue weighted by Crippen LogP contribution is 2.34. The summed E-state index contributed by atoms with van der Waals surface area (Å²) in [7, 11) is 0. The van der Waals surface area contributed by atoms with Crippen molar-refractivity contribution in [2.24, 2.45) is 0 Å². The first-order valence-corrected chi connectivity index (χ1v) is 5.83. The van der Waals surface area contributed by atoms with E-state index >= 15 is 0 Å². The number of nitrogens with one attached hydrogen (secondary N) is 1. The van der Waals surface area contributed by atoms with Gasteiger partial charge in [0.2, 0.25) is 0 Å². The summed E-state index contributed by atoms with van der Waals surface area (Å²) in [5, 5.41) is 2.80. The molecule has 7 heteroatoms. The van der Waals surface area contributed by atoms with E-state index < -0.39 is 11.6 Å². The molecule has 0 amide bonds. The lowest BCUT2D eigenvalue weighted by Crippen LogP contribution is -1.98. The Kier molecular flexibility index (Phi) is 3.90. The molecule has 1 N–H and O–H groups in total. The number of halogens is 5.